The molecule has 3 aromatic rings. The maximum atomic E-state index is 13.3. The second kappa shape index (κ2) is 11.1. The number of likely N-dealkylation sites (tertiary alicyclic amines) is 2. The second-order valence-electron chi connectivity index (χ2n) is 11.1. The van der Waals surface area contributed by atoms with Crippen LogP contribution in [0, 0.1) is 5.92 Å². The summed E-state index contributed by atoms with van der Waals surface area (Å²) in [4.78, 5) is 42.2. The summed E-state index contributed by atoms with van der Waals surface area (Å²) in [5.74, 6) is -0.267. The largest absolute Gasteiger partial charge is 0.340 e. The predicted octanol–water partition coefficient (Wildman–Crippen LogP) is 3.08. The monoisotopic (exact) mass is 594 g/mol. The van der Waals surface area contributed by atoms with Crippen LogP contribution in [0.4, 0.5) is 0 Å². The Balaban J connectivity index is 1.09. The molecule has 1 N–H and O–H groups in total. The number of aromatic nitrogens is 1. The number of carbonyl (C=O) groups excluding carboxylic acids is 2. The molecule has 41 heavy (non-hydrogen) atoms. The van der Waals surface area contributed by atoms with Gasteiger partial charge in [-0.05, 0) is 66.6 Å². The Morgan fingerprint density at radius 1 is 0.927 bits per heavy atom. The summed E-state index contributed by atoms with van der Waals surface area (Å²) in [7, 11) is -3.95. The van der Waals surface area contributed by atoms with Crippen LogP contribution in [0.2, 0.25) is 5.02 Å². The van der Waals surface area contributed by atoms with E-state index in [1.165, 1.54) is 17.0 Å². The number of halogens is 1. The van der Waals surface area contributed by atoms with Gasteiger partial charge in [-0.3, -0.25) is 14.4 Å². The molecule has 2 saturated heterocycles. The lowest BCUT2D eigenvalue weighted by molar-refractivity contribution is -0.144. The Bertz CT molecular complexity index is 1640. The molecule has 6 rings (SSSR count). The van der Waals surface area contributed by atoms with Crippen LogP contribution >= 0.6 is 11.6 Å². The number of pyridine rings is 1. The fraction of sp³-hybridized carbons (Fsp3) is 0.367. The Hall–Kier alpha value is -3.47. The van der Waals surface area contributed by atoms with Crippen LogP contribution in [0.5, 0.6) is 0 Å². The van der Waals surface area contributed by atoms with Gasteiger partial charge in [0.25, 0.3) is 5.56 Å². The van der Waals surface area contributed by atoms with Crippen molar-refractivity contribution in [1.29, 1.82) is 0 Å². The predicted molar refractivity (Wildman–Crippen MR) is 155 cm³/mol. The fourth-order valence-corrected chi connectivity index (χ4v) is 7.64. The number of nitrogens with one attached hydrogen (secondary N) is 1. The number of nitrogens with zero attached hydrogens (tertiary/aromatic N) is 3. The Labute approximate surface area is 243 Å². The third kappa shape index (κ3) is 5.68. The van der Waals surface area contributed by atoms with Gasteiger partial charge in [0.2, 0.25) is 21.8 Å². The number of benzene rings is 2. The molecule has 3 aliphatic heterocycles. The lowest BCUT2D eigenvalue weighted by atomic mass is 9.83. The zero-order valence-corrected chi connectivity index (χ0v) is 24.0. The molecule has 2 bridgehead atoms. The van der Waals surface area contributed by atoms with Gasteiger partial charge in [-0.1, -0.05) is 41.9 Å². The molecule has 0 radical (unpaired) electrons. The molecule has 9 nitrogen and oxygen atoms in total. The van der Waals surface area contributed by atoms with Crippen molar-refractivity contribution in [3.05, 3.63) is 87.8 Å². The molecule has 11 heteroatoms. The Morgan fingerprint density at radius 2 is 1.63 bits per heavy atom. The van der Waals surface area contributed by atoms with Gasteiger partial charge in [-0.15, -0.1) is 0 Å². The smallest absolute Gasteiger partial charge is 0.250 e. The minimum absolute atomic E-state index is 0.0121. The van der Waals surface area contributed by atoms with E-state index in [9.17, 15) is 22.8 Å². The van der Waals surface area contributed by atoms with Crippen molar-refractivity contribution in [2.75, 3.05) is 26.2 Å². The zero-order valence-electron chi connectivity index (χ0n) is 22.4. The molecule has 0 spiro atoms. The first-order valence-electron chi connectivity index (χ1n) is 13.8. The van der Waals surface area contributed by atoms with E-state index in [-0.39, 0.29) is 40.6 Å². The van der Waals surface area contributed by atoms with Gasteiger partial charge in [0.15, 0.2) is 0 Å². The van der Waals surface area contributed by atoms with E-state index < -0.39 is 16.1 Å². The summed E-state index contributed by atoms with van der Waals surface area (Å²) < 4.78 is 30.7. The van der Waals surface area contributed by atoms with Gasteiger partial charge in [-0.25, -0.2) is 8.42 Å². The number of hydrogen-bond acceptors (Lipinski definition) is 5. The average Bonchev–Trinajstić information content (AvgIpc) is 2.96. The number of sulfonamides is 1. The number of hydrogen-bond donors (Lipinski definition) is 1. The molecule has 3 aliphatic rings. The Morgan fingerprint density at radius 3 is 2.37 bits per heavy atom. The highest BCUT2D eigenvalue weighted by Crippen LogP contribution is 2.35. The topological polar surface area (TPSA) is 109 Å². The van der Waals surface area contributed by atoms with E-state index in [0.717, 1.165) is 23.2 Å². The van der Waals surface area contributed by atoms with Gasteiger partial charge in [0.1, 0.15) is 6.04 Å². The molecule has 214 valence electrons. The van der Waals surface area contributed by atoms with Crippen LogP contribution in [0.25, 0.3) is 11.1 Å². The SMILES string of the molecule is O=C(CN1CCC[C@H](NS(=O)(=O)c2ccc(-c3ccc(Cl)cc3)cc2)C1=O)N1C[C@H]2C[C@@H](C1)c1cccc(=O)n1C2. The van der Waals surface area contributed by atoms with Crippen molar-refractivity contribution in [3.8, 4) is 11.1 Å². The van der Waals surface area contributed by atoms with Crippen molar-refractivity contribution < 1.29 is 18.0 Å². The number of carbonyl (C=O) groups is 2. The summed E-state index contributed by atoms with van der Waals surface area (Å²) in [6.45, 7) is 1.94. The normalized spacial score (nSPS) is 22.4. The highest BCUT2D eigenvalue weighted by molar-refractivity contribution is 7.89. The van der Waals surface area contributed by atoms with Crippen LogP contribution in [-0.2, 0) is 26.2 Å². The second-order valence-corrected chi connectivity index (χ2v) is 13.3. The molecule has 0 saturated carbocycles. The highest BCUT2D eigenvalue weighted by atomic mass is 35.5. The quantitative estimate of drug-likeness (QED) is 0.472. The number of rotatable bonds is 6. The zero-order chi connectivity index (χ0) is 28.7. The lowest BCUT2D eigenvalue weighted by Gasteiger charge is -2.43. The van der Waals surface area contributed by atoms with Gasteiger partial charge in [0.05, 0.1) is 11.4 Å². The van der Waals surface area contributed by atoms with Crippen molar-refractivity contribution in [2.24, 2.45) is 5.92 Å². The van der Waals surface area contributed by atoms with Crippen LogP contribution in [0.3, 0.4) is 0 Å². The van der Waals surface area contributed by atoms with Crippen molar-refractivity contribution >= 4 is 33.4 Å². The molecule has 3 atom stereocenters. The van der Waals surface area contributed by atoms with Gasteiger partial charge in [-0.2, -0.15) is 4.72 Å². The molecule has 0 unspecified atom stereocenters. The third-order valence-electron chi connectivity index (χ3n) is 8.33. The minimum atomic E-state index is -3.95. The molecule has 2 fully saturated rings. The van der Waals surface area contributed by atoms with E-state index >= 15 is 0 Å². The van der Waals surface area contributed by atoms with Crippen LogP contribution < -0.4 is 10.3 Å². The Kier molecular flexibility index (Phi) is 7.48. The van der Waals surface area contributed by atoms with Crippen LogP contribution in [0.1, 0.15) is 30.9 Å². The summed E-state index contributed by atoms with van der Waals surface area (Å²) in [5.41, 5.74) is 2.69. The molecule has 0 aliphatic carbocycles. The number of fused-ring (bicyclic) bond motifs is 4. The molecule has 2 amide bonds. The molecule has 1 aromatic heterocycles. The average molecular weight is 595 g/mol. The maximum absolute atomic E-state index is 13.3. The minimum Gasteiger partial charge on any atom is -0.340 e. The number of amides is 2. The van der Waals surface area contributed by atoms with Crippen LogP contribution in [-0.4, -0.2) is 66.8 Å². The van der Waals surface area contributed by atoms with E-state index in [2.05, 4.69) is 4.72 Å². The van der Waals surface area contributed by atoms with E-state index in [1.807, 2.05) is 22.8 Å². The summed E-state index contributed by atoms with van der Waals surface area (Å²) in [5, 5.41) is 0.618. The first kappa shape index (κ1) is 27.7. The first-order valence-corrected chi connectivity index (χ1v) is 15.7. The van der Waals surface area contributed by atoms with Crippen LogP contribution in [0.15, 0.2) is 76.4 Å². The van der Waals surface area contributed by atoms with Gasteiger partial charge >= 0.3 is 0 Å². The fourth-order valence-electron chi connectivity index (χ4n) is 6.29. The van der Waals surface area contributed by atoms with Crippen molar-refractivity contribution in [1.82, 2.24) is 19.1 Å². The summed E-state index contributed by atoms with van der Waals surface area (Å²) in [6, 6.07) is 18.1. The van der Waals surface area contributed by atoms with E-state index in [0.29, 0.717) is 44.0 Å². The lowest BCUT2D eigenvalue weighted by Crippen LogP contribution is -2.56. The van der Waals surface area contributed by atoms with E-state index in [1.54, 1.807) is 41.3 Å². The molecular formula is C30H31ClN4O5S. The summed E-state index contributed by atoms with van der Waals surface area (Å²) in [6.07, 6.45) is 1.88. The molecular weight excluding hydrogens is 564 g/mol. The van der Waals surface area contributed by atoms with E-state index in [4.69, 9.17) is 11.6 Å². The standard InChI is InChI=1S/C30H31ClN4O5S/c31-24-10-6-21(7-11-24)22-8-12-25(13-9-22)41(39,40)32-26-3-2-14-33(30(26)38)19-29(37)34-16-20-15-23(18-34)27-4-1-5-28(36)35(27)17-20/h1,4-13,20,23,26,32H,2-3,14-19H2/t20-,23+,26+/m1/s1. The van der Waals surface area contributed by atoms with Crippen molar-refractivity contribution in [3.63, 3.8) is 0 Å². The van der Waals surface area contributed by atoms with Gasteiger partial charge < -0.3 is 14.4 Å². The summed E-state index contributed by atoms with van der Waals surface area (Å²) >= 11 is 5.96. The molecule has 2 aromatic carbocycles. The van der Waals surface area contributed by atoms with Gasteiger partial charge in [0, 0.05) is 48.9 Å². The molecule has 4 heterocycles. The van der Waals surface area contributed by atoms with Crippen molar-refractivity contribution in [2.45, 2.75) is 42.7 Å². The third-order valence-corrected chi connectivity index (χ3v) is 10.1. The number of piperidine rings is 2. The highest BCUT2D eigenvalue weighted by Gasteiger charge is 2.38. The first-order chi connectivity index (χ1) is 19.7. The maximum Gasteiger partial charge on any atom is 0.250 e.